The van der Waals surface area contributed by atoms with Crippen LogP contribution in [-0.4, -0.2) is 93.7 Å². The Morgan fingerprint density at radius 2 is 2.08 bits per heavy atom. The van der Waals surface area contributed by atoms with E-state index in [4.69, 9.17) is 14.2 Å². The number of nitrogens with one attached hydrogen (secondary N) is 1. The molecule has 1 aromatic carbocycles. The second-order valence-electron chi connectivity index (χ2n) is 9.74. The van der Waals surface area contributed by atoms with Crippen molar-refractivity contribution < 1.29 is 14.2 Å². The number of tetrazole rings is 1. The van der Waals surface area contributed by atoms with Gasteiger partial charge in [-0.2, -0.15) is 0 Å². The second-order valence-corrected chi connectivity index (χ2v) is 9.74. The van der Waals surface area contributed by atoms with Crippen molar-refractivity contribution in [2.24, 2.45) is 0 Å². The van der Waals surface area contributed by atoms with Crippen molar-refractivity contribution in [1.29, 1.82) is 0 Å². The smallest absolute Gasteiger partial charge is 0.252 e. The Kier molecular flexibility index (Phi) is 8.77. The van der Waals surface area contributed by atoms with Crippen molar-refractivity contribution in [3.63, 3.8) is 0 Å². The van der Waals surface area contributed by atoms with Gasteiger partial charge < -0.3 is 19.2 Å². The summed E-state index contributed by atoms with van der Waals surface area (Å²) < 4.78 is 18.8. The van der Waals surface area contributed by atoms with Crippen molar-refractivity contribution in [2.45, 2.75) is 51.9 Å². The molecule has 0 aliphatic carbocycles. The number of pyridine rings is 1. The van der Waals surface area contributed by atoms with Gasteiger partial charge in [-0.05, 0) is 67.4 Å². The van der Waals surface area contributed by atoms with Crippen molar-refractivity contribution in [2.75, 3.05) is 52.6 Å². The lowest BCUT2D eigenvalue weighted by Gasteiger charge is -2.28. The topological polar surface area (TPSA) is 111 Å². The summed E-state index contributed by atoms with van der Waals surface area (Å²) >= 11 is 0. The average molecular weight is 512 g/mol. The molecule has 5 rings (SSSR count). The van der Waals surface area contributed by atoms with Crippen LogP contribution in [0.15, 0.2) is 29.1 Å². The summed E-state index contributed by atoms with van der Waals surface area (Å²) in [4.78, 5) is 20.7. The zero-order valence-corrected chi connectivity index (χ0v) is 21.6. The van der Waals surface area contributed by atoms with Crippen LogP contribution in [0.4, 0.5) is 0 Å². The molecule has 0 unspecified atom stereocenters. The molecule has 2 fully saturated rings. The van der Waals surface area contributed by atoms with E-state index in [0.29, 0.717) is 31.8 Å². The van der Waals surface area contributed by atoms with Crippen LogP contribution < -0.4 is 10.3 Å². The fraction of sp³-hybridized carbons (Fsp3) is 0.615. The van der Waals surface area contributed by atoms with Gasteiger partial charge in [0.2, 0.25) is 0 Å². The van der Waals surface area contributed by atoms with E-state index in [9.17, 15) is 4.79 Å². The highest BCUT2D eigenvalue weighted by molar-refractivity contribution is 5.80. The molecular formula is C26H37N7O4. The summed E-state index contributed by atoms with van der Waals surface area (Å²) in [6.07, 6.45) is 3.23. The number of aromatic nitrogens is 5. The lowest BCUT2D eigenvalue weighted by Crippen LogP contribution is -2.38. The Morgan fingerprint density at radius 1 is 1.19 bits per heavy atom. The molecule has 1 atom stereocenters. The molecule has 11 heteroatoms. The molecule has 1 N–H and O–H groups in total. The van der Waals surface area contributed by atoms with Crippen LogP contribution in [0.3, 0.4) is 0 Å². The molecule has 2 aliphatic heterocycles. The Balaban J connectivity index is 1.33. The highest BCUT2D eigenvalue weighted by Crippen LogP contribution is 2.20. The van der Waals surface area contributed by atoms with Gasteiger partial charge in [-0.1, -0.05) is 0 Å². The van der Waals surface area contributed by atoms with Crippen LogP contribution in [0.2, 0.25) is 0 Å². The summed E-state index contributed by atoms with van der Waals surface area (Å²) in [7, 11) is 0. The first-order valence-corrected chi connectivity index (χ1v) is 13.4. The molecule has 37 heavy (non-hydrogen) atoms. The van der Waals surface area contributed by atoms with Gasteiger partial charge in [0.1, 0.15) is 5.75 Å². The largest absolute Gasteiger partial charge is 0.494 e. The lowest BCUT2D eigenvalue weighted by atomic mass is 10.1. The van der Waals surface area contributed by atoms with Gasteiger partial charge in [0.15, 0.2) is 5.82 Å². The normalized spacial score (nSPS) is 18.7. The van der Waals surface area contributed by atoms with Gasteiger partial charge in [-0.25, -0.2) is 4.68 Å². The third-order valence-corrected chi connectivity index (χ3v) is 7.02. The van der Waals surface area contributed by atoms with E-state index in [1.165, 1.54) is 0 Å². The van der Waals surface area contributed by atoms with Gasteiger partial charge in [-0.15, -0.1) is 5.10 Å². The Labute approximate surface area is 216 Å². The number of fused-ring (bicyclic) bond motifs is 1. The van der Waals surface area contributed by atoms with Crippen LogP contribution >= 0.6 is 0 Å². The molecule has 200 valence electrons. The fourth-order valence-corrected chi connectivity index (χ4v) is 5.06. The highest BCUT2D eigenvalue weighted by atomic mass is 16.5. The minimum Gasteiger partial charge on any atom is -0.494 e. The molecule has 11 nitrogen and oxygen atoms in total. The zero-order chi connectivity index (χ0) is 25.5. The van der Waals surface area contributed by atoms with E-state index in [0.717, 1.165) is 87.7 Å². The number of hydrogen-bond acceptors (Lipinski definition) is 9. The van der Waals surface area contributed by atoms with E-state index >= 15 is 0 Å². The quantitative estimate of drug-likeness (QED) is 0.389. The zero-order valence-electron chi connectivity index (χ0n) is 21.6. The molecule has 2 saturated heterocycles. The molecular weight excluding hydrogens is 474 g/mol. The Hall–Kier alpha value is -2.86. The molecule has 0 saturated carbocycles. The van der Waals surface area contributed by atoms with E-state index in [2.05, 4.69) is 30.3 Å². The van der Waals surface area contributed by atoms with Gasteiger partial charge in [0.05, 0.1) is 39.0 Å². The molecule has 2 aliphatic rings. The van der Waals surface area contributed by atoms with Gasteiger partial charge >= 0.3 is 0 Å². The number of benzene rings is 1. The number of hydrogen-bond donors (Lipinski definition) is 1. The molecule has 2 aromatic heterocycles. The van der Waals surface area contributed by atoms with E-state index in [-0.39, 0.29) is 11.7 Å². The first kappa shape index (κ1) is 25.8. The number of morpholine rings is 1. The first-order valence-electron chi connectivity index (χ1n) is 13.4. The third-order valence-electron chi connectivity index (χ3n) is 7.02. The molecule has 0 bridgehead atoms. The van der Waals surface area contributed by atoms with Crippen molar-refractivity contribution in [3.8, 4) is 5.75 Å². The number of nitrogens with zero attached hydrogens (tertiary/aromatic N) is 6. The molecule has 4 heterocycles. The minimum atomic E-state index is -0.0752. The molecule has 3 aromatic rings. The van der Waals surface area contributed by atoms with E-state index < -0.39 is 0 Å². The lowest BCUT2D eigenvalue weighted by molar-refractivity contribution is 0.0358. The minimum absolute atomic E-state index is 0.0752. The predicted molar refractivity (Wildman–Crippen MR) is 139 cm³/mol. The van der Waals surface area contributed by atoms with Crippen LogP contribution in [0.25, 0.3) is 10.9 Å². The van der Waals surface area contributed by atoms with E-state index in [1.54, 1.807) is 0 Å². The maximum absolute atomic E-state index is 13.0. The van der Waals surface area contributed by atoms with Crippen LogP contribution in [0.5, 0.6) is 5.75 Å². The van der Waals surface area contributed by atoms with Crippen LogP contribution in [0.1, 0.15) is 37.6 Å². The maximum Gasteiger partial charge on any atom is 0.252 e. The molecule has 0 radical (unpaired) electrons. The van der Waals surface area contributed by atoms with Crippen LogP contribution in [0, 0.1) is 0 Å². The SMILES string of the molecule is CCOc1ccc2[nH]c(=O)c(CN(CCCN3CCOCC3)Cc3nnnn3C[C@@H]3CCCO3)cc2c1. The summed E-state index contributed by atoms with van der Waals surface area (Å²) in [6.45, 7) is 10.4. The van der Waals surface area contributed by atoms with Gasteiger partial charge in [-0.3, -0.25) is 14.6 Å². The van der Waals surface area contributed by atoms with Gasteiger partial charge in [0.25, 0.3) is 5.56 Å². The number of rotatable bonds is 12. The summed E-state index contributed by atoms with van der Waals surface area (Å²) in [5, 5.41) is 13.4. The Morgan fingerprint density at radius 3 is 2.89 bits per heavy atom. The fourth-order valence-electron chi connectivity index (χ4n) is 5.06. The second kappa shape index (κ2) is 12.6. The first-order chi connectivity index (χ1) is 18.2. The standard InChI is InChI=1S/C26H37N7O4/c1-2-36-22-6-7-24-20(16-22)15-21(26(34)27-24)17-32(9-4-8-31-10-13-35-14-11-31)19-25-28-29-30-33(25)18-23-5-3-12-37-23/h6-7,15-16,23H,2-5,8-14,17-19H2,1H3,(H,27,34)/t23-/m0/s1. The summed E-state index contributed by atoms with van der Waals surface area (Å²) in [6, 6.07) is 7.72. The highest BCUT2D eigenvalue weighted by Gasteiger charge is 2.21. The van der Waals surface area contributed by atoms with Crippen LogP contribution in [-0.2, 0) is 29.1 Å². The van der Waals surface area contributed by atoms with E-state index in [1.807, 2.05) is 35.9 Å². The molecule has 0 spiro atoms. The van der Waals surface area contributed by atoms with Crippen molar-refractivity contribution in [3.05, 3.63) is 46.0 Å². The average Bonchev–Trinajstić information content (AvgIpc) is 3.58. The summed E-state index contributed by atoms with van der Waals surface area (Å²) in [5.74, 6) is 1.58. The maximum atomic E-state index is 13.0. The van der Waals surface area contributed by atoms with Gasteiger partial charge in [0, 0.05) is 49.3 Å². The Bertz CT molecular complexity index is 1200. The number of H-pyrrole nitrogens is 1. The number of ether oxygens (including phenoxy) is 3. The number of aromatic amines is 1. The molecule has 0 amide bonds. The predicted octanol–water partition coefficient (Wildman–Crippen LogP) is 1.82. The van der Waals surface area contributed by atoms with Crippen molar-refractivity contribution in [1.82, 2.24) is 35.0 Å². The third kappa shape index (κ3) is 6.92. The monoisotopic (exact) mass is 511 g/mol. The summed E-state index contributed by atoms with van der Waals surface area (Å²) in [5.41, 5.74) is 1.44. The van der Waals surface area contributed by atoms with Crippen molar-refractivity contribution >= 4 is 10.9 Å².